The molecule has 0 unspecified atom stereocenters. The summed E-state index contributed by atoms with van der Waals surface area (Å²) in [5, 5.41) is 5.07. The summed E-state index contributed by atoms with van der Waals surface area (Å²) in [5.74, 6) is -6.97. The second-order valence-corrected chi connectivity index (χ2v) is 13.5. The lowest BCUT2D eigenvalue weighted by atomic mass is 10.1. The van der Waals surface area contributed by atoms with Crippen LogP contribution in [0.4, 0.5) is 23.7 Å². The minimum atomic E-state index is -4.41. The van der Waals surface area contributed by atoms with E-state index in [2.05, 4.69) is 10.6 Å². The highest BCUT2D eigenvalue weighted by molar-refractivity contribution is 7.91. The highest BCUT2D eigenvalue weighted by Gasteiger charge is 2.42. The van der Waals surface area contributed by atoms with Crippen molar-refractivity contribution in [1.29, 1.82) is 0 Å². The van der Waals surface area contributed by atoms with E-state index in [-0.39, 0.29) is 18.7 Å². The van der Waals surface area contributed by atoms with Gasteiger partial charge in [-0.2, -0.15) is 0 Å². The summed E-state index contributed by atoms with van der Waals surface area (Å²) in [6.45, 7) is 4.53. The SMILES string of the molecule is CC(C)(C)OC(=O)N[C@H]1CS(=O)(=O)c2cc(F)c(C(=O)N[C@H]3CCC(F)(F)C3)cc2N(Cc2ccc(Cl)cc2)C1=O. The number of ether oxygens (including phenoxy) is 1. The Balaban J connectivity index is 1.76. The molecule has 2 N–H and O–H groups in total. The molecule has 1 saturated carbocycles. The van der Waals surface area contributed by atoms with E-state index < -0.39 is 86.2 Å². The quantitative estimate of drug-likeness (QED) is 0.507. The third kappa shape index (κ3) is 7.31. The molecule has 0 spiro atoms. The van der Waals surface area contributed by atoms with Crippen molar-refractivity contribution >= 4 is 45.0 Å². The zero-order valence-corrected chi connectivity index (χ0v) is 24.0. The van der Waals surface area contributed by atoms with Crippen LogP contribution in [0.15, 0.2) is 41.3 Å². The molecule has 3 amide bonds. The van der Waals surface area contributed by atoms with E-state index in [1.165, 1.54) is 0 Å². The Hall–Kier alpha value is -3.32. The van der Waals surface area contributed by atoms with Crippen molar-refractivity contribution in [2.24, 2.45) is 0 Å². The average molecular weight is 616 g/mol. The van der Waals surface area contributed by atoms with Crippen molar-refractivity contribution in [3.8, 4) is 0 Å². The van der Waals surface area contributed by atoms with E-state index in [0.29, 0.717) is 16.7 Å². The van der Waals surface area contributed by atoms with Gasteiger partial charge in [0.2, 0.25) is 5.92 Å². The number of hydrogen-bond donors (Lipinski definition) is 2. The van der Waals surface area contributed by atoms with Gasteiger partial charge in [-0.3, -0.25) is 9.59 Å². The summed E-state index contributed by atoms with van der Waals surface area (Å²) in [6, 6.07) is 5.28. The summed E-state index contributed by atoms with van der Waals surface area (Å²) in [7, 11) is -4.41. The number of halogens is 4. The van der Waals surface area contributed by atoms with Crippen molar-refractivity contribution in [2.45, 2.75) is 75.1 Å². The molecule has 0 radical (unpaired) electrons. The zero-order valence-electron chi connectivity index (χ0n) is 22.5. The van der Waals surface area contributed by atoms with Crippen LogP contribution >= 0.6 is 11.6 Å². The van der Waals surface area contributed by atoms with Gasteiger partial charge in [0.25, 0.3) is 11.8 Å². The van der Waals surface area contributed by atoms with Gasteiger partial charge >= 0.3 is 6.09 Å². The molecule has 222 valence electrons. The van der Waals surface area contributed by atoms with Crippen LogP contribution in [0.2, 0.25) is 5.02 Å². The monoisotopic (exact) mass is 615 g/mol. The molecule has 9 nitrogen and oxygen atoms in total. The number of nitrogens with one attached hydrogen (secondary N) is 2. The van der Waals surface area contributed by atoms with Gasteiger partial charge in [0.15, 0.2) is 9.84 Å². The summed E-state index contributed by atoms with van der Waals surface area (Å²) in [6.07, 6.45) is -2.10. The second kappa shape index (κ2) is 11.2. The van der Waals surface area contributed by atoms with Crippen LogP contribution in [0.5, 0.6) is 0 Å². The Morgan fingerprint density at radius 2 is 1.80 bits per heavy atom. The average Bonchev–Trinajstić information content (AvgIpc) is 3.16. The number of carbonyl (C=O) groups is 3. The van der Waals surface area contributed by atoms with Crippen molar-refractivity contribution in [1.82, 2.24) is 10.6 Å². The molecule has 2 aromatic carbocycles. The van der Waals surface area contributed by atoms with Crippen molar-refractivity contribution in [3.63, 3.8) is 0 Å². The lowest BCUT2D eigenvalue weighted by Gasteiger charge is -2.27. The number of sulfone groups is 1. The van der Waals surface area contributed by atoms with Crippen molar-refractivity contribution in [2.75, 3.05) is 10.7 Å². The van der Waals surface area contributed by atoms with Gasteiger partial charge in [0, 0.05) is 23.9 Å². The number of alkyl halides is 2. The first-order valence-corrected chi connectivity index (χ1v) is 14.8. The second-order valence-electron chi connectivity index (χ2n) is 11.1. The summed E-state index contributed by atoms with van der Waals surface area (Å²) in [5.41, 5.74) is -1.37. The summed E-state index contributed by atoms with van der Waals surface area (Å²) < 4.78 is 74.5. The highest BCUT2D eigenvalue weighted by Crippen LogP contribution is 2.36. The van der Waals surface area contributed by atoms with Gasteiger partial charge in [-0.25, -0.2) is 26.4 Å². The van der Waals surface area contributed by atoms with Gasteiger partial charge in [0.05, 0.1) is 28.4 Å². The van der Waals surface area contributed by atoms with E-state index in [0.717, 1.165) is 11.0 Å². The largest absolute Gasteiger partial charge is 0.444 e. The van der Waals surface area contributed by atoms with Gasteiger partial charge in [0.1, 0.15) is 17.5 Å². The lowest BCUT2D eigenvalue weighted by molar-refractivity contribution is -0.120. The van der Waals surface area contributed by atoms with Gasteiger partial charge in [-0.05, 0) is 57.0 Å². The highest BCUT2D eigenvalue weighted by atomic mass is 35.5. The molecule has 0 aromatic heterocycles. The number of fused-ring (bicyclic) bond motifs is 1. The first kappa shape index (κ1) is 30.6. The van der Waals surface area contributed by atoms with E-state index >= 15 is 4.39 Å². The molecular weight excluding hydrogens is 587 g/mol. The first-order valence-electron chi connectivity index (χ1n) is 12.7. The van der Waals surface area contributed by atoms with Crippen molar-refractivity contribution < 1.29 is 40.7 Å². The smallest absolute Gasteiger partial charge is 0.408 e. The van der Waals surface area contributed by atoms with Gasteiger partial charge in [-0.1, -0.05) is 23.7 Å². The first-order chi connectivity index (χ1) is 18.9. The summed E-state index contributed by atoms with van der Waals surface area (Å²) >= 11 is 5.97. The zero-order chi connectivity index (χ0) is 30.3. The third-order valence-electron chi connectivity index (χ3n) is 6.55. The number of hydrogen-bond acceptors (Lipinski definition) is 6. The van der Waals surface area contributed by atoms with Crippen LogP contribution in [0, 0.1) is 5.82 Å². The normalized spacial score (nSPS) is 21.5. The fraction of sp³-hybridized carbons (Fsp3) is 0.444. The van der Waals surface area contributed by atoms with E-state index in [9.17, 15) is 31.6 Å². The third-order valence-corrected chi connectivity index (χ3v) is 8.57. The molecule has 1 aliphatic heterocycles. The predicted molar refractivity (Wildman–Crippen MR) is 144 cm³/mol. The lowest BCUT2D eigenvalue weighted by Crippen LogP contribution is -2.51. The number of anilines is 1. The number of alkyl carbamates (subject to hydrolysis) is 1. The maximum Gasteiger partial charge on any atom is 0.408 e. The predicted octanol–water partition coefficient (Wildman–Crippen LogP) is 4.61. The number of benzene rings is 2. The van der Waals surface area contributed by atoms with Crippen LogP contribution in [0.1, 0.15) is 56.0 Å². The molecule has 41 heavy (non-hydrogen) atoms. The van der Waals surface area contributed by atoms with Crippen LogP contribution in [-0.4, -0.2) is 55.7 Å². The van der Waals surface area contributed by atoms with Crippen LogP contribution in [0.3, 0.4) is 0 Å². The standard InChI is InChI=1S/C27H29ClF3N3O6S/c1-26(2,3)40-25(37)33-20-14-41(38,39)22-11-19(29)18(23(35)32-17-8-9-27(30,31)12-17)10-21(22)34(24(20)36)13-15-4-6-16(28)7-5-15/h4-7,10-11,17,20H,8-9,12-14H2,1-3H3,(H,32,35)(H,33,37)/t17-,20-/m0/s1. The van der Waals surface area contributed by atoms with E-state index in [4.69, 9.17) is 16.3 Å². The number of carbonyl (C=O) groups excluding carboxylic acids is 3. The number of nitrogens with zero attached hydrogens (tertiary/aromatic N) is 1. The van der Waals surface area contributed by atoms with E-state index in [1.54, 1.807) is 45.0 Å². The fourth-order valence-electron chi connectivity index (χ4n) is 4.69. The topological polar surface area (TPSA) is 122 Å². The number of rotatable bonds is 5. The molecular formula is C27H29ClF3N3O6S. The number of amides is 3. The Labute approximate surface area is 240 Å². The maximum absolute atomic E-state index is 15.2. The molecule has 4 rings (SSSR count). The Morgan fingerprint density at radius 3 is 2.39 bits per heavy atom. The van der Waals surface area contributed by atoms with Crippen LogP contribution < -0.4 is 15.5 Å². The fourth-order valence-corrected chi connectivity index (χ4v) is 6.43. The molecule has 0 bridgehead atoms. The van der Waals surface area contributed by atoms with Gasteiger partial charge in [-0.15, -0.1) is 0 Å². The minimum Gasteiger partial charge on any atom is -0.444 e. The molecule has 1 aliphatic carbocycles. The van der Waals surface area contributed by atoms with Crippen LogP contribution in [0.25, 0.3) is 0 Å². The molecule has 14 heteroatoms. The van der Waals surface area contributed by atoms with Crippen LogP contribution in [-0.2, 0) is 25.9 Å². The molecule has 0 saturated heterocycles. The van der Waals surface area contributed by atoms with E-state index in [1.807, 2.05) is 0 Å². The summed E-state index contributed by atoms with van der Waals surface area (Å²) in [4.78, 5) is 39.7. The Bertz CT molecular complexity index is 1480. The molecule has 2 atom stereocenters. The molecule has 2 aliphatic rings. The Morgan fingerprint density at radius 1 is 1.15 bits per heavy atom. The maximum atomic E-state index is 15.2. The van der Waals surface area contributed by atoms with Crippen molar-refractivity contribution in [3.05, 3.63) is 58.4 Å². The minimum absolute atomic E-state index is 0.0150. The molecule has 1 fully saturated rings. The molecule has 1 heterocycles. The Kier molecular flexibility index (Phi) is 8.34. The molecule has 2 aromatic rings. The van der Waals surface area contributed by atoms with Gasteiger partial charge < -0.3 is 20.3 Å².